The minimum atomic E-state index is -0.365. The SMILES string of the molecule is COc1cc(OC)c(NC(=O)c2cccc(Br)n2)cc1Cl. The van der Waals surface area contributed by atoms with Crippen LogP contribution in [0.15, 0.2) is 34.9 Å². The van der Waals surface area contributed by atoms with Gasteiger partial charge in [-0.2, -0.15) is 0 Å². The van der Waals surface area contributed by atoms with Crippen molar-refractivity contribution in [2.75, 3.05) is 19.5 Å². The molecule has 7 heteroatoms. The first-order valence-electron chi connectivity index (χ1n) is 5.90. The average Bonchev–Trinajstić information content (AvgIpc) is 2.47. The van der Waals surface area contributed by atoms with E-state index in [0.29, 0.717) is 26.8 Å². The molecule has 0 radical (unpaired) electrons. The number of methoxy groups -OCH3 is 2. The van der Waals surface area contributed by atoms with Gasteiger partial charge in [-0.25, -0.2) is 4.98 Å². The molecular formula is C14H12BrClN2O3. The molecule has 0 unspecified atom stereocenters. The number of pyridine rings is 1. The fourth-order valence-electron chi connectivity index (χ4n) is 1.68. The third kappa shape index (κ3) is 3.65. The van der Waals surface area contributed by atoms with Crippen molar-refractivity contribution in [3.63, 3.8) is 0 Å². The Hall–Kier alpha value is -1.79. The van der Waals surface area contributed by atoms with Crippen LogP contribution in [0.2, 0.25) is 5.02 Å². The number of rotatable bonds is 4. The number of amides is 1. The molecule has 0 saturated carbocycles. The first-order chi connectivity index (χ1) is 10.0. The number of aromatic nitrogens is 1. The quantitative estimate of drug-likeness (QED) is 0.831. The highest BCUT2D eigenvalue weighted by atomic mass is 79.9. The molecule has 1 aromatic carbocycles. The monoisotopic (exact) mass is 370 g/mol. The first-order valence-corrected chi connectivity index (χ1v) is 7.07. The van der Waals surface area contributed by atoms with Crippen LogP contribution in [0.5, 0.6) is 11.5 Å². The van der Waals surface area contributed by atoms with Crippen molar-refractivity contribution in [1.82, 2.24) is 4.98 Å². The highest BCUT2D eigenvalue weighted by Crippen LogP contribution is 2.36. The summed E-state index contributed by atoms with van der Waals surface area (Å²) < 4.78 is 10.9. The molecule has 1 amide bonds. The van der Waals surface area contributed by atoms with E-state index in [1.807, 2.05) is 0 Å². The lowest BCUT2D eigenvalue weighted by Crippen LogP contribution is -2.14. The van der Waals surface area contributed by atoms with Gasteiger partial charge in [-0.05, 0) is 34.1 Å². The number of nitrogens with one attached hydrogen (secondary N) is 1. The Morgan fingerprint density at radius 1 is 1.24 bits per heavy atom. The van der Waals surface area contributed by atoms with Crippen LogP contribution in [0.25, 0.3) is 0 Å². The van der Waals surface area contributed by atoms with Crippen LogP contribution in [-0.2, 0) is 0 Å². The van der Waals surface area contributed by atoms with E-state index in [9.17, 15) is 4.79 Å². The number of ether oxygens (including phenoxy) is 2. The molecule has 0 atom stereocenters. The summed E-state index contributed by atoms with van der Waals surface area (Å²) in [5.74, 6) is 0.544. The number of nitrogens with zero attached hydrogens (tertiary/aromatic N) is 1. The topological polar surface area (TPSA) is 60.5 Å². The van der Waals surface area contributed by atoms with Gasteiger partial charge in [0.2, 0.25) is 0 Å². The van der Waals surface area contributed by atoms with Gasteiger partial charge in [-0.1, -0.05) is 17.7 Å². The van der Waals surface area contributed by atoms with E-state index in [1.165, 1.54) is 14.2 Å². The van der Waals surface area contributed by atoms with Crippen LogP contribution in [0.1, 0.15) is 10.5 Å². The first kappa shape index (κ1) is 15.6. The predicted molar refractivity (Wildman–Crippen MR) is 84.4 cm³/mol. The lowest BCUT2D eigenvalue weighted by atomic mass is 10.2. The zero-order valence-corrected chi connectivity index (χ0v) is 13.7. The molecule has 2 rings (SSSR count). The molecule has 1 N–H and O–H groups in total. The van der Waals surface area contributed by atoms with E-state index in [-0.39, 0.29) is 11.6 Å². The second-order valence-corrected chi connectivity index (χ2v) is 5.21. The van der Waals surface area contributed by atoms with Gasteiger partial charge in [0, 0.05) is 6.07 Å². The number of anilines is 1. The Morgan fingerprint density at radius 2 is 1.95 bits per heavy atom. The third-order valence-corrected chi connectivity index (χ3v) is 3.41. The fourth-order valence-corrected chi connectivity index (χ4v) is 2.26. The molecule has 110 valence electrons. The van der Waals surface area contributed by atoms with Crippen molar-refractivity contribution in [3.05, 3.63) is 45.7 Å². The van der Waals surface area contributed by atoms with Gasteiger partial charge in [-0.15, -0.1) is 0 Å². The summed E-state index contributed by atoms with van der Waals surface area (Å²) in [5.41, 5.74) is 0.716. The number of hydrogen-bond acceptors (Lipinski definition) is 4. The van der Waals surface area contributed by atoms with E-state index < -0.39 is 0 Å². The van der Waals surface area contributed by atoms with E-state index >= 15 is 0 Å². The minimum absolute atomic E-state index is 0.276. The molecule has 0 fully saturated rings. The summed E-state index contributed by atoms with van der Waals surface area (Å²) in [6.45, 7) is 0. The van der Waals surface area contributed by atoms with Crippen molar-refractivity contribution in [2.45, 2.75) is 0 Å². The molecule has 1 aromatic heterocycles. The summed E-state index contributed by atoms with van der Waals surface area (Å²) in [7, 11) is 3.00. The lowest BCUT2D eigenvalue weighted by Gasteiger charge is -2.13. The molecule has 0 saturated heterocycles. The second-order valence-electron chi connectivity index (χ2n) is 3.99. The van der Waals surface area contributed by atoms with Crippen molar-refractivity contribution >= 4 is 39.1 Å². The lowest BCUT2D eigenvalue weighted by molar-refractivity contribution is 0.102. The Morgan fingerprint density at radius 3 is 2.57 bits per heavy atom. The molecule has 5 nitrogen and oxygen atoms in total. The molecule has 1 heterocycles. The normalized spacial score (nSPS) is 10.1. The molecule has 0 aliphatic carbocycles. The van der Waals surface area contributed by atoms with Gasteiger partial charge in [0.15, 0.2) is 0 Å². The number of hydrogen-bond donors (Lipinski definition) is 1. The summed E-state index contributed by atoms with van der Waals surface area (Å²) in [5, 5.41) is 3.08. The summed E-state index contributed by atoms with van der Waals surface area (Å²) in [4.78, 5) is 16.3. The van der Waals surface area contributed by atoms with Crippen LogP contribution >= 0.6 is 27.5 Å². The number of carbonyl (C=O) groups excluding carboxylic acids is 1. The zero-order chi connectivity index (χ0) is 15.4. The number of carbonyl (C=O) groups is 1. The third-order valence-electron chi connectivity index (χ3n) is 2.67. The molecule has 2 aromatic rings. The second kappa shape index (κ2) is 6.78. The largest absolute Gasteiger partial charge is 0.495 e. The van der Waals surface area contributed by atoms with E-state index in [1.54, 1.807) is 30.3 Å². The number of halogens is 2. The molecule has 0 spiro atoms. The van der Waals surface area contributed by atoms with Gasteiger partial charge in [-0.3, -0.25) is 4.79 Å². The van der Waals surface area contributed by atoms with Gasteiger partial charge in [0.05, 0.1) is 24.9 Å². The van der Waals surface area contributed by atoms with Crippen LogP contribution < -0.4 is 14.8 Å². The molecule has 21 heavy (non-hydrogen) atoms. The van der Waals surface area contributed by atoms with Gasteiger partial charge in [0.25, 0.3) is 5.91 Å². The molecule has 0 aliphatic rings. The Labute approximate surface area is 135 Å². The van der Waals surface area contributed by atoms with Gasteiger partial charge < -0.3 is 14.8 Å². The van der Waals surface area contributed by atoms with Crippen molar-refractivity contribution in [1.29, 1.82) is 0 Å². The predicted octanol–water partition coefficient (Wildman–Crippen LogP) is 3.77. The molecular weight excluding hydrogens is 360 g/mol. The van der Waals surface area contributed by atoms with Crippen LogP contribution in [-0.4, -0.2) is 25.1 Å². The van der Waals surface area contributed by atoms with E-state index in [4.69, 9.17) is 21.1 Å². The van der Waals surface area contributed by atoms with E-state index in [2.05, 4.69) is 26.2 Å². The minimum Gasteiger partial charge on any atom is -0.495 e. The smallest absolute Gasteiger partial charge is 0.274 e. The van der Waals surface area contributed by atoms with Crippen LogP contribution in [0.4, 0.5) is 5.69 Å². The molecule has 0 bridgehead atoms. The van der Waals surface area contributed by atoms with E-state index in [0.717, 1.165) is 0 Å². The number of benzene rings is 1. The maximum absolute atomic E-state index is 12.2. The Balaban J connectivity index is 2.30. The zero-order valence-electron chi connectivity index (χ0n) is 11.3. The molecule has 0 aliphatic heterocycles. The fraction of sp³-hybridized carbons (Fsp3) is 0.143. The Kier molecular flexibility index (Phi) is 5.03. The van der Waals surface area contributed by atoms with Crippen molar-refractivity contribution in [3.8, 4) is 11.5 Å². The average molecular weight is 372 g/mol. The van der Waals surface area contributed by atoms with Crippen LogP contribution in [0, 0.1) is 0 Å². The summed E-state index contributed by atoms with van der Waals surface area (Å²) >= 11 is 9.28. The standard InChI is InChI=1S/C14H12BrClN2O3/c1-20-11-7-12(21-2)10(6-8(11)16)18-14(19)9-4-3-5-13(15)17-9/h3-7H,1-2H3,(H,18,19). The maximum atomic E-state index is 12.2. The van der Waals surface area contributed by atoms with Crippen LogP contribution in [0.3, 0.4) is 0 Å². The van der Waals surface area contributed by atoms with Crippen molar-refractivity contribution < 1.29 is 14.3 Å². The maximum Gasteiger partial charge on any atom is 0.274 e. The summed E-state index contributed by atoms with van der Waals surface area (Å²) in [6, 6.07) is 8.24. The van der Waals surface area contributed by atoms with Crippen molar-refractivity contribution in [2.24, 2.45) is 0 Å². The highest BCUT2D eigenvalue weighted by molar-refractivity contribution is 9.10. The van der Waals surface area contributed by atoms with Gasteiger partial charge >= 0.3 is 0 Å². The Bertz CT molecular complexity index is 679. The summed E-state index contributed by atoms with van der Waals surface area (Å²) in [6.07, 6.45) is 0. The highest BCUT2D eigenvalue weighted by Gasteiger charge is 2.14. The van der Waals surface area contributed by atoms with Gasteiger partial charge in [0.1, 0.15) is 21.8 Å².